The van der Waals surface area contributed by atoms with Crippen LogP contribution in [0, 0.1) is 5.92 Å². The van der Waals surface area contributed by atoms with Gasteiger partial charge in [-0.15, -0.1) is 0 Å². The molecule has 4 aromatic rings. The van der Waals surface area contributed by atoms with E-state index in [9.17, 15) is 9.59 Å². The van der Waals surface area contributed by atoms with Gasteiger partial charge in [0.05, 0.1) is 11.7 Å². The fourth-order valence-electron chi connectivity index (χ4n) is 5.65. The zero-order chi connectivity index (χ0) is 28.1. The maximum absolute atomic E-state index is 13.6. The average Bonchev–Trinajstić information content (AvgIpc) is 3.39. The highest BCUT2D eigenvalue weighted by molar-refractivity contribution is 5.98. The molecule has 1 aliphatic rings. The van der Waals surface area contributed by atoms with Crippen LogP contribution in [-0.2, 0) is 4.79 Å². The lowest BCUT2D eigenvalue weighted by Crippen LogP contribution is -2.53. The highest BCUT2D eigenvalue weighted by Crippen LogP contribution is 2.31. The molecular formula is C33H37N5O2. The second-order valence-electron chi connectivity index (χ2n) is 10.9. The van der Waals surface area contributed by atoms with Gasteiger partial charge in [-0.2, -0.15) is 0 Å². The average molecular weight is 536 g/mol. The van der Waals surface area contributed by atoms with E-state index in [4.69, 9.17) is 0 Å². The van der Waals surface area contributed by atoms with E-state index in [1.165, 1.54) is 0 Å². The van der Waals surface area contributed by atoms with Gasteiger partial charge in [-0.1, -0.05) is 63.2 Å². The van der Waals surface area contributed by atoms with E-state index in [2.05, 4.69) is 70.5 Å². The Hall–Kier alpha value is -4.26. The summed E-state index contributed by atoms with van der Waals surface area (Å²) < 4.78 is 0. The minimum absolute atomic E-state index is 0.0126. The first-order valence-corrected chi connectivity index (χ1v) is 14.2. The topological polar surface area (TPSA) is 87.2 Å². The van der Waals surface area contributed by atoms with Crippen LogP contribution in [0.25, 0.3) is 22.0 Å². The number of amides is 2. The van der Waals surface area contributed by atoms with E-state index in [0.29, 0.717) is 12.1 Å². The Morgan fingerprint density at radius 2 is 1.77 bits per heavy atom. The SMILES string of the molecule is CCC1[C@@H](NC(=O)[C@H](CC(C)C)NC(=O)c2cc3ccccc3cn2)CCN1c1cccc(-c2ccccn2)c1. The number of nitrogens with zero attached hydrogens (tertiary/aromatic N) is 3. The molecule has 5 rings (SSSR count). The van der Waals surface area contributed by atoms with Crippen molar-refractivity contribution in [2.75, 3.05) is 11.4 Å². The molecule has 206 valence electrons. The normalized spacial score (nSPS) is 17.6. The molecule has 7 nitrogen and oxygen atoms in total. The molecule has 0 aliphatic carbocycles. The van der Waals surface area contributed by atoms with E-state index in [1.54, 1.807) is 18.5 Å². The van der Waals surface area contributed by atoms with Gasteiger partial charge in [-0.05, 0) is 60.9 Å². The van der Waals surface area contributed by atoms with Crippen LogP contribution < -0.4 is 15.5 Å². The van der Waals surface area contributed by atoms with Crippen LogP contribution in [0.1, 0.15) is 50.5 Å². The number of nitrogens with one attached hydrogen (secondary N) is 2. The lowest BCUT2D eigenvalue weighted by atomic mass is 10.0. The predicted octanol–water partition coefficient (Wildman–Crippen LogP) is 5.62. The Morgan fingerprint density at radius 1 is 0.975 bits per heavy atom. The Labute approximate surface area is 236 Å². The lowest BCUT2D eigenvalue weighted by Gasteiger charge is -2.31. The molecule has 3 atom stereocenters. The van der Waals surface area contributed by atoms with Crippen molar-refractivity contribution in [2.24, 2.45) is 5.92 Å². The van der Waals surface area contributed by atoms with Crippen molar-refractivity contribution in [1.82, 2.24) is 20.6 Å². The van der Waals surface area contributed by atoms with Gasteiger partial charge in [0, 0.05) is 41.6 Å². The Morgan fingerprint density at radius 3 is 2.52 bits per heavy atom. The van der Waals surface area contributed by atoms with Gasteiger partial charge in [0.25, 0.3) is 5.91 Å². The van der Waals surface area contributed by atoms with Crippen LogP contribution in [0.5, 0.6) is 0 Å². The molecular weight excluding hydrogens is 498 g/mol. The van der Waals surface area contributed by atoms with Crippen molar-refractivity contribution < 1.29 is 9.59 Å². The van der Waals surface area contributed by atoms with Gasteiger partial charge < -0.3 is 15.5 Å². The van der Waals surface area contributed by atoms with Crippen molar-refractivity contribution in [3.8, 4) is 11.3 Å². The van der Waals surface area contributed by atoms with Crippen LogP contribution in [-0.4, -0.2) is 46.5 Å². The van der Waals surface area contributed by atoms with Crippen molar-refractivity contribution >= 4 is 28.3 Å². The highest BCUT2D eigenvalue weighted by atomic mass is 16.2. The summed E-state index contributed by atoms with van der Waals surface area (Å²) in [5, 5.41) is 8.17. The van der Waals surface area contributed by atoms with Crippen LogP contribution in [0.15, 0.2) is 85.2 Å². The largest absolute Gasteiger partial charge is 0.366 e. The molecule has 0 radical (unpaired) electrons. The summed E-state index contributed by atoms with van der Waals surface area (Å²) in [5.74, 6) is -0.245. The van der Waals surface area contributed by atoms with Crippen LogP contribution in [0.2, 0.25) is 0 Å². The van der Waals surface area contributed by atoms with Crippen molar-refractivity contribution in [1.29, 1.82) is 0 Å². The molecule has 3 heterocycles. The molecule has 0 bridgehead atoms. The van der Waals surface area contributed by atoms with Gasteiger partial charge >= 0.3 is 0 Å². The molecule has 7 heteroatoms. The summed E-state index contributed by atoms with van der Waals surface area (Å²) >= 11 is 0. The summed E-state index contributed by atoms with van der Waals surface area (Å²) in [7, 11) is 0. The van der Waals surface area contributed by atoms with Crippen molar-refractivity contribution in [3.05, 3.63) is 90.9 Å². The number of anilines is 1. The fourth-order valence-corrected chi connectivity index (χ4v) is 5.65. The Balaban J connectivity index is 1.29. The van der Waals surface area contributed by atoms with Gasteiger partial charge in [0.15, 0.2) is 0 Å². The molecule has 1 saturated heterocycles. The van der Waals surface area contributed by atoms with Gasteiger partial charge in [-0.25, -0.2) is 0 Å². The third-order valence-corrected chi connectivity index (χ3v) is 7.62. The van der Waals surface area contributed by atoms with Crippen LogP contribution in [0.3, 0.4) is 0 Å². The maximum Gasteiger partial charge on any atom is 0.270 e. The fraction of sp³-hybridized carbons (Fsp3) is 0.333. The summed E-state index contributed by atoms with van der Waals surface area (Å²) in [5.41, 5.74) is 3.45. The number of benzene rings is 2. The third kappa shape index (κ3) is 6.14. The van der Waals surface area contributed by atoms with E-state index in [1.807, 2.05) is 42.5 Å². The summed E-state index contributed by atoms with van der Waals surface area (Å²) in [4.78, 5) is 38.0. The number of carbonyl (C=O) groups excluding carboxylic acids is 2. The zero-order valence-corrected chi connectivity index (χ0v) is 23.4. The molecule has 0 spiro atoms. The molecule has 1 unspecified atom stereocenters. The van der Waals surface area contributed by atoms with E-state index >= 15 is 0 Å². The molecule has 2 aromatic heterocycles. The summed E-state index contributed by atoms with van der Waals surface area (Å²) in [6, 6.07) is 23.4. The molecule has 0 saturated carbocycles. The maximum atomic E-state index is 13.6. The second-order valence-corrected chi connectivity index (χ2v) is 10.9. The van der Waals surface area contributed by atoms with E-state index in [-0.39, 0.29) is 29.8 Å². The molecule has 40 heavy (non-hydrogen) atoms. The number of carbonyl (C=O) groups is 2. The quantitative estimate of drug-likeness (QED) is 0.291. The van der Waals surface area contributed by atoms with Crippen LogP contribution >= 0.6 is 0 Å². The zero-order valence-electron chi connectivity index (χ0n) is 23.4. The standard InChI is InChI=1S/C33H37N5O2/c1-4-31-28(15-17-38(31)26-13-9-12-24(19-26)27-14-7-8-16-34-27)36-33(40)30(18-22(2)3)37-32(39)29-20-23-10-5-6-11-25(23)21-35-29/h5-14,16,19-22,28,30-31H,4,15,17-18H2,1-3H3,(H,36,40)(H,37,39)/t28-,30-,31?/m0/s1. The Bertz CT molecular complexity index is 1470. The minimum atomic E-state index is -0.639. The molecule has 2 aromatic carbocycles. The first-order chi connectivity index (χ1) is 19.4. The lowest BCUT2D eigenvalue weighted by molar-refractivity contribution is -0.124. The van der Waals surface area contributed by atoms with Gasteiger partial charge in [0.2, 0.25) is 5.91 Å². The molecule has 2 amide bonds. The van der Waals surface area contributed by atoms with Crippen molar-refractivity contribution in [3.63, 3.8) is 0 Å². The van der Waals surface area contributed by atoms with E-state index in [0.717, 1.165) is 47.1 Å². The van der Waals surface area contributed by atoms with Gasteiger partial charge in [-0.3, -0.25) is 19.6 Å². The summed E-state index contributed by atoms with van der Waals surface area (Å²) in [6.45, 7) is 7.11. The molecule has 1 aliphatic heterocycles. The monoisotopic (exact) mass is 535 g/mol. The number of aromatic nitrogens is 2. The van der Waals surface area contributed by atoms with Crippen LogP contribution in [0.4, 0.5) is 5.69 Å². The number of fused-ring (bicyclic) bond motifs is 1. The predicted molar refractivity (Wildman–Crippen MR) is 160 cm³/mol. The second kappa shape index (κ2) is 12.3. The van der Waals surface area contributed by atoms with Crippen molar-refractivity contribution in [2.45, 2.75) is 58.2 Å². The third-order valence-electron chi connectivity index (χ3n) is 7.62. The first-order valence-electron chi connectivity index (χ1n) is 14.2. The number of hydrogen-bond donors (Lipinski definition) is 2. The summed E-state index contributed by atoms with van der Waals surface area (Å²) in [6.07, 6.45) is 5.78. The number of hydrogen-bond acceptors (Lipinski definition) is 5. The molecule has 2 N–H and O–H groups in total. The number of rotatable bonds is 9. The Kier molecular flexibility index (Phi) is 8.39. The number of pyridine rings is 2. The first kappa shape index (κ1) is 27.3. The highest BCUT2D eigenvalue weighted by Gasteiger charge is 2.36. The molecule has 1 fully saturated rings. The smallest absolute Gasteiger partial charge is 0.270 e. The van der Waals surface area contributed by atoms with E-state index < -0.39 is 6.04 Å². The van der Waals surface area contributed by atoms with Gasteiger partial charge in [0.1, 0.15) is 11.7 Å². The minimum Gasteiger partial charge on any atom is -0.366 e.